The molecule has 9 aromatic rings. The molecule has 0 atom stereocenters. The van der Waals surface area contributed by atoms with Gasteiger partial charge < -0.3 is 0 Å². The molecule has 0 saturated heterocycles. The highest BCUT2D eigenvalue weighted by Crippen LogP contribution is 2.52. The van der Waals surface area contributed by atoms with Crippen LogP contribution in [0.15, 0.2) is 198 Å². The maximum Gasteiger partial charge on any atom is 0.255 e. The van der Waals surface area contributed by atoms with Gasteiger partial charge in [-0.1, -0.05) is 156 Å². The zero-order valence-corrected chi connectivity index (χ0v) is 36.4. The summed E-state index contributed by atoms with van der Waals surface area (Å²) < 4.78 is 4.69. The fourth-order valence-electron chi connectivity index (χ4n) is 8.53. The van der Waals surface area contributed by atoms with Crippen LogP contribution in [0.5, 0.6) is 0 Å². The van der Waals surface area contributed by atoms with Crippen LogP contribution in [-0.4, -0.2) is 9.55 Å². The van der Waals surface area contributed by atoms with E-state index in [-0.39, 0.29) is 10.8 Å². The molecule has 7 aromatic carbocycles. The van der Waals surface area contributed by atoms with Crippen molar-refractivity contribution < 1.29 is 4.57 Å². The number of pyridine rings is 1. The lowest BCUT2D eigenvalue weighted by Gasteiger charge is -2.27. The van der Waals surface area contributed by atoms with Gasteiger partial charge in [-0.25, -0.2) is 4.98 Å². The Morgan fingerprint density at radius 2 is 1.13 bits per heavy atom. The molecule has 61 heavy (non-hydrogen) atoms. The first-order valence-corrected chi connectivity index (χ1v) is 21.9. The van der Waals surface area contributed by atoms with E-state index in [1.54, 1.807) is 11.8 Å². The average molecular weight is 810 g/mol. The zero-order chi connectivity index (χ0) is 41.9. The third-order valence-electron chi connectivity index (χ3n) is 11.8. The highest BCUT2D eigenvalue weighted by molar-refractivity contribution is 7.99. The first kappa shape index (κ1) is 38.5. The number of rotatable bonds is 6. The van der Waals surface area contributed by atoms with Gasteiger partial charge in [0, 0.05) is 27.1 Å². The molecule has 0 fully saturated rings. The lowest BCUT2D eigenvalue weighted by molar-refractivity contribution is -0.567. The average Bonchev–Trinajstić information content (AvgIpc) is 3.61. The van der Waals surface area contributed by atoms with Gasteiger partial charge in [-0.15, -0.1) is 0 Å². The third kappa shape index (κ3) is 7.23. The molecule has 0 saturated carbocycles. The summed E-state index contributed by atoms with van der Waals surface area (Å²) in [6, 6.07) is 64.1. The topological polar surface area (TPSA) is 24.9 Å². The smallest absolute Gasteiger partial charge is 0.255 e. The Bertz CT molecular complexity index is 3050. The molecule has 1 aliphatic heterocycles. The normalized spacial score (nSPS) is 12.5. The van der Waals surface area contributed by atoms with Crippen LogP contribution in [0.25, 0.3) is 55.8 Å². The van der Waals surface area contributed by atoms with Crippen LogP contribution >= 0.6 is 11.8 Å². The van der Waals surface area contributed by atoms with Gasteiger partial charge in [0.1, 0.15) is 17.2 Å². The van der Waals surface area contributed by atoms with Crippen molar-refractivity contribution in [1.29, 1.82) is 0 Å². The minimum absolute atomic E-state index is 0.0167. The molecular formula is C56H49N4S+. The molecule has 0 aliphatic carbocycles. The number of hydrogen-bond donors (Lipinski definition) is 0. The van der Waals surface area contributed by atoms with E-state index in [9.17, 15) is 0 Å². The van der Waals surface area contributed by atoms with Crippen LogP contribution in [0, 0.1) is 0 Å². The Morgan fingerprint density at radius 3 is 1.84 bits per heavy atom. The third-order valence-corrected chi connectivity index (χ3v) is 12.8. The second-order valence-corrected chi connectivity index (χ2v) is 19.2. The quantitative estimate of drug-likeness (QED) is 0.156. The van der Waals surface area contributed by atoms with Crippen molar-refractivity contribution in [3.05, 3.63) is 200 Å². The number of benzene rings is 7. The minimum atomic E-state index is 0.0167. The van der Waals surface area contributed by atoms with E-state index in [0.29, 0.717) is 0 Å². The Kier molecular flexibility index (Phi) is 9.53. The molecular weight excluding hydrogens is 761 g/mol. The lowest BCUT2D eigenvalue weighted by Crippen LogP contribution is -2.31. The first-order chi connectivity index (χ1) is 29.5. The van der Waals surface area contributed by atoms with E-state index < -0.39 is 0 Å². The van der Waals surface area contributed by atoms with Gasteiger partial charge in [0.15, 0.2) is 11.0 Å². The predicted octanol–water partition coefficient (Wildman–Crippen LogP) is 14.8. The van der Waals surface area contributed by atoms with Crippen molar-refractivity contribution in [3.63, 3.8) is 0 Å². The monoisotopic (exact) mass is 809 g/mol. The number of aromatic nitrogens is 3. The molecule has 4 nitrogen and oxygen atoms in total. The van der Waals surface area contributed by atoms with Crippen LogP contribution in [0.4, 0.5) is 17.2 Å². The van der Waals surface area contributed by atoms with Crippen molar-refractivity contribution in [1.82, 2.24) is 9.55 Å². The first-order valence-electron chi connectivity index (χ1n) is 21.1. The van der Waals surface area contributed by atoms with Gasteiger partial charge >= 0.3 is 0 Å². The van der Waals surface area contributed by atoms with Crippen molar-refractivity contribution in [2.45, 2.75) is 62.2 Å². The van der Waals surface area contributed by atoms with Crippen molar-refractivity contribution >= 4 is 40.0 Å². The van der Waals surface area contributed by atoms with E-state index in [2.05, 4.69) is 232 Å². The number of fused-ring (bicyclic) bond motifs is 6. The maximum atomic E-state index is 4.96. The standard InChI is InChI=1S/C56H49N4S/c1-55(2,3)40-32-41(56(4,5)6)34-43(33-40)59-37-58(50-23-12-13-24-51(50)59)42-19-16-20-44(35-42)61-45-27-29-49-47-22-11-10-21-46(47)48-28-26-39(38-17-8-7-9-18-38)31-52(48)60(53(49)36-45)54-25-14-15-30-57-54/h7-37H,1-6H3/q+1. The van der Waals surface area contributed by atoms with Crippen molar-refractivity contribution in [2.24, 2.45) is 0 Å². The number of anilines is 3. The fourth-order valence-corrected chi connectivity index (χ4v) is 9.43. The lowest BCUT2D eigenvalue weighted by atomic mass is 9.80. The minimum Gasteiger partial charge on any atom is -0.294 e. The summed E-state index contributed by atoms with van der Waals surface area (Å²) in [5.41, 5.74) is 16.6. The second-order valence-electron chi connectivity index (χ2n) is 18.1. The fraction of sp³-hybridized carbons (Fsp3) is 0.143. The van der Waals surface area contributed by atoms with Gasteiger partial charge in [-0.3, -0.25) is 4.90 Å². The van der Waals surface area contributed by atoms with Crippen LogP contribution in [-0.2, 0) is 10.8 Å². The summed E-state index contributed by atoms with van der Waals surface area (Å²) in [4.78, 5) is 9.63. The van der Waals surface area contributed by atoms with Crippen LogP contribution in [0.1, 0.15) is 52.7 Å². The highest BCUT2D eigenvalue weighted by Gasteiger charge is 2.29. The predicted molar refractivity (Wildman–Crippen MR) is 255 cm³/mol. The molecule has 0 spiro atoms. The van der Waals surface area contributed by atoms with Gasteiger partial charge in [0.2, 0.25) is 0 Å². The van der Waals surface area contributed by atoms with E-state index in [4.69, 9.17) is 4.98 Å². The Hall–Kier alpha value is -6.69. The summed E-state index contributed by atoms with van der Waals surface area (Å²) in [7, 11) is 0. The molecule has 1 aliphatic rings. The maximum absolute atomic E-state index is 4.96. The van der Waals surface area contributed by atoms with E-state index in [0.717, 1.165) is 38.2 Å². The summed E-state index contributed by atoms with van der Waals surface area (Å²) in [6.07, 6.45) is 4.14. The van der Waals surface area contributed by atoms with Crippen LogP contribution in [0.3, 0.4) is 0 Å². The molecule has 5 heteroatoms. The Morgan fingerprint density at radius 1 is 0.492 bits per heavy atom. The van der Waals surface area contributed by atoms with Crippen LogP contribution < -0.4 is 9.47 Å². The molecule has 0 amide bonds. The Balaban J connectivity index is 1.08. The van der Waals surface area contributed by atoms with Crippen LogP contribution in [0.2, 0.25) is 0 Å². The van der Waals surface area contributed by atoms with Gasteiger partial charge in [-0.2, -0.15) is 9.13 Å². The molecule has 0 unspecified atom stereocenters. The zero-order valence-electron chi connectivity index (χ0n) is 35.6. The highest BCUT2D eigenvalue weighted by atomic mass is 32.2. The second kappa shape index (κ2) is 15.1. The van der Waals surface area contributed by atoms with Crippen molar-refractivity contribution in [3.8, 4) is 44.8 Å². The molecule has 0 bridgehead atoms. The summed E-state index contributed by atoms with van der Waals surface area (Å²) >= 11 is 1.79. The largest absolute Gasteiger partial charge is 0.294 e. The molecule has 2 aromatic heterocycles. The number of nitrogens with zero attached hydrogens (tertiary/aromatic N) is 4. The van der Waals surface area contributed by atoms with Gasteiger partial charge in [-0.05, 0) is 117 Å². The van der Waals surface area contributed by atoms with E-state index >= 15 is 0 Å². The molecule has 0 N–H and O–H groups in total. The SMILES string of the molecule is CC(C)(C)c1cc(-[n+]2cn(-c3cccc(Sc4ccc5c(c4)N(c4ccccn4)c4cc(-c6ccccc6)ccc4-c4ccccc4-5)c3)c3ccccc32)cc(C(C)(C)C)c1. The molecule has 10 rings (SSSR count). The van der Waals surface area contributed by atoms with Gasteiger partial charge in [0.05, 0.1) is 11.4 Å². The van der Waals surface area contributed by atoms with Crippen molar-refractivity contribution in [2.75, 3.05) is 4.90 Å². The number of hydrogen-bond acceptors (Lipinski definition) is 3. The summed E-state index contributed by atoms with van der Waals surface area (Å²) in [6.45, 7) is 13.8. The summed E-state index contributed by atoms with van der Waals surface area (Å²) in [5.74, 6) is 0.877. The molecule has 0 radical (unpaired) electrons. The number of imidazole rings is 1. The van der Waals surface area contributed by atoms with E-state index in [1.165, 1.54) is 55.7 Å². The summed E-state index contributed by atoms with van der Waals surface area (Å²) in [5, 5.41) is 0. The molecule has 298 valence electrons. The Labute approximate surface area is 363 Å². The van der Waals surface area contributed by atoms with Gasteiger partial charge in [0.25, 0.3) is 6.33 Å². The molecule has 3 heterocycles. The van der Waals surface area contributed by atoms with E-state index in [1.807, 2.05) is 12.3 Å². The number of para-hydroxylation sites is 2.